The van der Waals surface area contributed by atoms with Gasteiger partial charge in [-0.05, 0) is 40.8 Å². The van der Waals surface area contributed by atoms with Gasteiger partial charge in [0.25, 0.3) is 5.91 Å². The summed E-state index contributed by atoms with van der Waals surface area (Å²) < 4.78 is 0. The third kappa shape index (κ3) is 4.69. The Morgan fingerprint density at radius 1 is 0.917 bits per heavy atom. The zero-order valence-electron chi connectivity index (χ0n) is 14.6. The van der Waals surface area contributed by atoms with Crippen molar-refractivity contribution in [2.45, 2.75) is 32.6 Å². The minimum absolute atomic E-state index is 0.0364. The van der Waals surface area contributed by atoms with E-state index in [4.69, 9.17) is 0 Å². The number of amides is 2. The molecule has 2 rings (SSSR count). The summed E-state index contributed by atoms with van der Waals surface area (Å²) in [6, 6.07) is 15.0. The Labute approximate surface area is 143 Å². The van der Waals surface area contributed by atoms with Crippen molar-refractivity contribution in [1.82, 2.24) is 5.32 Å². The fourth-order valence-electron chi connectivity index (χ4n) is 2.30. The highest BCUT2D eigenvalue weighted by molar-refractivity contribution is 6.04. The molecule has 0 bridgehead atoms. The van der Waals surface area contributed by atoms with Crippen LogP contribution in [0.15, 0.2) is 48.5 Å². The predicted molar refractivity (Wildman–Crippen MR) is 97.3 cm³/mol. The molecule has 0 spiro atoms. The molecule has 24 heavy (non-hydrogen) atoms. The minimum Gasteiger partial charge on any atom is -0.359 e. The van der Waals surface area contributed by atoms with E-state index in [1.807, 2.05) is 36.4 Å². The van der Waals surface area contributed by atoms with Crippen LogP contribution in [0.5, 0.6) is 0 Å². The van der Waals surface area contributed by atoms with Crippen LogP contribution in [0.3, 0.4) is 0 Å². The van der Waals surface area contributed by atoms with Crippen molar-refractivity contribution in [2.24, 2.45) is 0 Å². The fourth-order valence-corrected chi connectivity index (χ4v) is 2.30. The molecule has 0 saturated carbocycles. The smallest absolute Gasteiger partial charge is 0.255 e. The summed E-state index contributed by atoms with van der Waals surface area (Å²) in [5, 5.41) is 5.46. The van der Waals surface area contributed by atoms with Gasteiger partial charge in [-0.2, -0.15) is 0 Å². The van der Waals surface area contributed by atoms with E-state index in [-0.39, 0.29) is 17.2 Å². The summed E-state index contributed by atoms with van der Waals surface area (Å²) in [4.78, 5) is 23.7. The summed E-state index contributed by atoms with van der Waals surface area (Å²) in [6.45, 7) is 6.42. The third-order valence-corrected chi connectivity index (χ3v) is 3.87. The summed E-state index contributed by atoms with van der Waals surface area (Å²) in [6.07, 6.45) is 0.332. The first-order chi connectivity index (χ1) is 11.3. The first kappa shape index (κ1) is 17.7. The molecule has 0 unspecified atom stereocenters. The first-order valence-corrected chi connectivity index (χ1v) is 8.01. The van der Waals surface area contributed by atoms with Gasteiger partial charge in [-0.3, -0.25) is 9.59 Å². The van der Waals surface area contributed by atoms with Gasteiger partial charge >= 0.3 is 0 Å². The van der Waals surface area contributed by atoms with Gasteiger partial charge in [0.2, 0.25) is 5.91 Å². The second-order valence-corrected chi connectivity index (χ2v) is 6.83. The topological polar surface area (TPSA) is 58.2 Å². The van der Waals surface area contributed by atoms with Gasteiger partial charge in [-0.15, -0.1) is 0 Å². The number of rotatable bonds is 4. The maximum Gasteiger partial charge on any atom is 0.255 e. The van der Waals surface area contributed by atoms with Crippen molar-refractivity contribution >= 4 is 17.5 Å². The van der Waals surface area contributed by atoms with Crippen molar-refractivity contribution < 1.29 is 9.59 Å². The van der Waals surface area contributed by atoms with E-state index >= 15 is 0 Å². The summed E-state index contributed by atoms with van der Waals surface area (Å²) in [7, 11) is 1.61. The van der Waals surface area contributed by atoms with E-state index in [2.05, 4.69) is 31.4 Å². The molecule has 0 aromatic heterocycles. The van der Waals surface area contributed by atoms with Gasteiger partial charge in [0, 0.05) is 18.3 Å². The highest BCUT2D eigenvalue weighted by Crippen LogP contribution is 2.22. The van der Waals surface area contributed by atoms with Crippen molar-refractivity contribution in [3.63, 3.8) is 0 Å². The van der Waals surface area contributed by atoms with Gasteiger partial charge in [-0.1, -0.05) is 45.0 Å². The lowest BCUT2D eigenvalue weighted by Gasteiger charge is -2.19. The van der Waals surface area contributed by atoms with Crippen LogP contribution in [0.4, 0.5) is 5.69 Å². The SMILES string of the molecule is CNC(=O)Cc1ccc(NC(=O)c2ccc(C(C)(C)C)cc2)cc1. The molecule has 0 aliphatic carbocycles. The maximum atomic E-state index is 12.3. The van der Waals surface area contributed by atoms with E-state index in [1.165, 1.54) is 5.56 Å². The van der Waals surface area contributed by atoms with E-state index in [0.29, 0.717) is 17.7 Å². The highest BCUT2D eigenvalue weighted by Gasteiger charge is 2.14. The second kappa shape index (κ2) is 7.30. The Balaban J connectivity index is 2.03. The van der Waals surface area contributed by atoms with Gasteiger partial charge in [0.15, 0.2) is 0 Å². The monoisotopic (exact) mass is 324 g/mol. The quantitative estimate of drug-likeness (QED) is 0.904. The Bertz CT molecular complexity index is 711. The van der Waals surface area contributed by atoms with Crippen molar-refractivity contribution in [3.05, 3.63) is 65.2 Å². The molecule has 0 atom stereocenters. The molecular formula is C20H24N2O2. The molecular weight excluding hydrogens is 300 g/mol. The molecule has 0 aliphatic heterocycles. The molecule has 0 fully saturated rings. The second-order valence-electron chi connectivity index (χ2n) is 6.83. The molecule has 0 aliphatic rings. The van der Waals surface area contributed by atoms with Crippen molar-refractivity contribution in [1.29, 1.82) is 0 Å². The van der Waals surface area contributed by atoms with E-state index in [1.54, 1.807) is 19.2 Å². The Hall–Kier alpha value is -2.62. The van der Waals surface area contributed by atoms with Gasteiger partial charge < -0.3 is 10.6 Å². The van der Waals surface area contributed by atoms with E-state index < -0.39 is 0 Å². The third-order valence-electron chi connectivity index (χ3n) is 3.87. The number of hydrogen-bond acceptors (Lipinski definition) is 2. The van der Waals surface area contributed by atoms with Crippen LogP contribution in [-0.2, 0) is 16.6 Å². The molecule has 2 aromatic rings. The lowest BCUT2D eigenvalue weighted by Crippen LogP contribution is -2.19. The molecule has 2 amide bonds. The van der Waals surface area contributed by atoms with Gasteiger partial charge in [-0.25, -0.2) is 0 Å². The standard InChI is InChI=1S/C20H24N2O2/c1-20(2,3)16-9-7-15(8-10-16)19(24)22-17-11-5-14(6-12-17)13-18(23)21-4/h5-12H,13H2,1-4H3,(H,21,23)(H,22,24). The van der Waals surface area contributed by atoms with Crippen LogP contribution < -0.4 is 10.6 Å². The van der Waals surface area contributed by atoms with E-state index in [9.17, 15) is 9.59 Å². The summed E-state index contributed by atoms with van der Waals surface area (Å²) >= 11 is 0. The molecule has 4 nitrogen and oxygen atoms in total. The molecule has 4 heteroatoms. The van der Waals surface area contributed by atoms with Crippen LogP contribution in [0.1, 0.15) is 42.3 Å². The Morgan fingerprint density at radius 3 is 2.00 bits per heavy atom. The number of hydrogen-bond donors (Lipinski definition) is 2. The van der Waals surface area contributed by atoms with Crippen molar-refractivity contribution in [2.75, 3.05) is 12.4 Å². The number of carbonyl (C=O) groups excluding carboxylic acids is 2. The molecule has 0 radical (unpaired) electrons. The average molecular weight is 324 g/mol. The lowest BCUT2D eigenvalue weighted by atomic mass is 9.87. The number of anilines is 1. The van der Waals surface area contributed by atoms with Gasteiger partial charge in [0.1, 0.15) is 0 Å². The largest absolute Gasteiger partial charge is 0.359 e. The number of likely N-dealkylation sites (N-methyl/N-ethyl adjacent to an activating group) is 1. The average Bonchev–Trinajstić information content (AvgIpc) is 2.55. The van der Waals surface area contributed by atoms with Crippen LogP contribution >= 0.6 is 0 Å². The van der Waals surface area contributed by atoms with Gasteiger partial charge in [0.05, 0.1) is 6.42 Å². The first-order valence-electron chi connectivity index (χ1n) is 8.01. The maximum absolute atomic E-state index is 12.3. The van der Waals surface area contributed by atoms with Crippen LogP contribution in [0, 0.1) is 0 Å². The summed E-state index contributed by atoms with van der Waals surface area (Å²) in [5.41, 5.74) is 3.49. The number of benzene rings is 2. The fraction of sp³-hybridized carbons (Fsp3) is 0.300. The highest BCUT2D eigenvalue weighted by atomic mass is 16.2. The molecule has 0 heterocycles. The zero-order chi connectivity index (χ0) is 17.7. The van der Waals surface area contributed by atoms with Crippen LogP contribution in [0.25, 0.3) is 0 Å². The Morgan fingerprint density at radius 2 is 1.50 bits per heavy atom. The zero-order valence-corrected chi connectivity index (χ0v) is 14.6. The van der Waals surface area contributed by atoms with E-state index in [0.717, 1.165) is 5.56 Å². The van der Waals surface area contributed by atoms with Crippen LogP contribution in [-0.4, -0.2) is 18.9 Å². The molecule has 2 N–H and O–H groups in total. The summed E-state index contributed by atoms with van der Waals surface area (Å²) in [5.74, 6) is -0.180. The molecule has 2 aromatic carbocycles. The van der Waals surface area contributed by atoms with Crippen molar-refractivity contribution in [3.8, 4) is 0 Å². The lowest BCUT2D eigenvalue weighted by molar-refractivity contribution is -0.119. The van der Waals surface area contributed by atoms with Crippen LogP contribution in [0.2, 0.25) is 0 Å². The molecule has 126 valence electrons. The number of nitrogens with one attached hydrogen (secondary N) is 2. The number of carbonyl (C=O) groups is 2. The molecule has 0 saturated heterocycles. The minimum atomic E-state index is -0.144. The Kier molecular flexibility index (Phi) is 5.39. The predicted octanol–water partition coefficient (Wildman–Crippen LogP) is 3.52. The normalized spacial score (nSPS) is 11.0.